The van der Waals surface area contributed by atoms with Gasteiger partial charge in [-0.1, -0.05) is 36.4 Å². The summed E-state index contributed by atoms with van der Waals surface area (Å²) in [5.74, 6) is -0.600. The topological polar surface area (TPSA) is 133 Å². The van der Waals surface area contributed by atoms with Crippen LogP contribution in [-0.2, 0) is 7.05 Å². The highest BCUT2D eigenvalue weighted by atomic mass is 16.2. The number of aromatic amines is 2. The van der Waals surface area contributed by atoms with Crippen LogP contribution in [0.25, 0.3) is 22.0 Å². The molecule has 3 heterocycles. The van der Waals surface area contributed by atoms with E-state index in [0.717, 1.165) is 21.9 Å². The van der Waals surface area contributed by atoms with Gasteiger partial charge in [0.15, 0.2) is 0 Å². The van der Waals surface area contributed by atoms with E-state index in [0.29, 0.717) is 16.8 Å². The van der Waals surface area contributed by atoms with Crippen LogP contribution in [0, 0.1) is 0 Å². The van der Waals surface area contributed by atoms with E-state index in [1.54, 1.807) is 24.1 Å². The number of aryl methyl sites for hydroxylation is 1. The molecule has 0 aliphatic heterocycles. The lowest BCUT2D eigenvalue weighted by molar-refractivity contribution is 0.0909. The number of carbonyl (C=O) groups excluding carboxylic acids is 2. The minimum absolute atomic E-state index is 0.189. The van der Waals surface area contributed by atoms with Crippen LogP contribution in [0.4, 0.5) is 0 Å². The Morgan fingerprint density at radius 1 is 1.03 bits per heavy atom. The van der Waals surface area contributed by atoms with Crippen molar-refractivity contribution in [2.45, 2.75) is 6.04 Å². The molecule has 170 valence electrons. The van der Waals surface area contributed by atoms with Crippen molar-refractivity contribution >= 4 is 22.6 Å². The molecule has 0 saturated heterocycles. The fourth-order valence-corrected chi connectivity index (χ4v) is 3.81. The monoisotopic (exact) mass is 454 g/mol. The van der Waals surface area contributed by atoms with E-state index in [4.69, 9.17) is 0 Å². The van der Waals surface area contributed by atoms with Gasteiger partial charge in [0, 0.05) is 31.5 Å². The van der Waals surface area contributed by atoms with Gasteiger partial charge in [0.2, 0.25) is 0 Å². The van der Waals surface area contributed by atoms with Crippen molar-refractivity contribution in [2.24, 2.45) is 7.05 Å². The van der Waals surface area contributed by atoms with Gasteiger partial charge in [0.1, 0.15) is 0 Å². The number of amides is 2. The number of carbonyl (C=O) groups is 2. The number of fused-ring (bicyclic) bond motifs is 1. The molecule has 0 bridgehead atoms. The molecule has 2 aromatic carbocycles. The highest BCUT2D eigenvalue weighted by molar-refractivity contribution is 6.00. The predicted octanol–water partition coefficient (Wildman–Crippen LogP) is 2.59. The maximum absolute atomic E-state index is 13.3. The summed E-state index contributed by atoms with van der Waals surface area (Å²) in [4.78, 5) is 25.8. The second kappa shape index (κ2) is 9.02. The van der Waals surface area contributed by atoms with E-state index < -0.39 is 6.04 Å². The van der Waals surface area contributed by atoms with E-state index in [9.17, 15) is 9.59 Å². The average Bonchev–Trinajstić information content (AvgIpc) is 3.62. The van der Waals surface area contributed by atoms with Crippen molar-refractivity contribution in [3.63, 3.8) is 0 Å². The van der Waals surface area contributed by atoms with E-state index in [-0.39, 0.29) is 18.4 Å². The molecule has 3 aromatic heterocycles. The number of nitrogens with zero attached hydrogens (tertiary/aromatic N) is 4. The maximum Gasteiger partial charge on any atom is 0.255 e. The molecule has 10 nitrogen and oxygen atoms in total. The van der Waals surface area contributed by atoms with E-state index >= 15 is 0 Å². The summed E-state index contributed by atoms with van der Waals surface area (Å²) in [6.45, 7) is 0.189. The molecule has 2 amide bonds. The normalized spacial score (nSPS) is 11.9. The van der Waals surface area contributed by atoms with Gasteiger partial charge >= 0.3 is 0 Å². The van der Waals surface area contributed by atoms with Crippen LogP contribution < -0.4 is 10.6 Å². The van der Waals surface area contributed by atoms with E-state index in [1.165, 1.54) is 18.6 Å². The van der Waals surface area contributed by atoms with E-state index in [1.807, 2.05) is 42.5 Å². The van der Waals surface area contributed by atoms with Crippen LogP contribution >= 0.6 is 0 Å². The van der Waals surface area contributed by atoms with Crippen LogP contribution in [0.5, 0.6) is 0 Å². The lowest BCUT2D eigenvalue weighted by Gasteiger charge is -2.20. The predicted molar refractivity (Wildman–Crippen MR) is 126 cm³/mol. The summed E-state index contributed by atoms with van der Waals surface area (Å²) in [5.41, 5.74) is 2.99. The standard InChI is InChI=1S/C24H22N8O2/c1-32-14-19(11-29-32)22-20(12-28-31-22)24(34)30-21(13-25-23(33)18-9-26-27-10-18)17-7-6-15-4-2-3-5-16(15)8-17/h2-12,14,21H,13H2,1H3,(H,25,33)(H,26,27)(H,28,31)(H,30,34). The van der Waals surface area contributed by atoms with Crippen LogP contribution in [-0.4, -0.2) is 48.5 Å². The first-order valence-electron chi connectivity index (χ1n) is 10.7. The molecule has 1 atom stereocenters. The molecule has 0 fully saturated rings. The third-order valence-corrected chi connectivity index (χ3v) is 5.59. The Balaban J connectivity index is 1.42. The van der Waals surface area contributed by atoms with Crippen molar-refractivity contribution in [3.05, 3.63) is 90.1 Å². The Kier molecular flexibility index (Phi) is 5.61. The van der Waals surface area contributed by atoms with Crippen LogP contribution in [0.3, 0.4) is 0 Å². The molecular weight excluding hydrogens is 432 g/mol. The summed E-state index contributed by atoms with van der Waals surface area (Å²) < 4.78 is 1.65. The molecule has 1 unspecified atom stereocenters. The number of rotatable bonds is 7. The van der Waals surface area contributed by atoms with Gasteiger partial charge in [0.05, 0.1) is 41.5 Å². The Morgan fingerprint density at radius 2 is 1.88 bits per heavy atom. The molecule has 4 N–H and O–H groups in total. The van der Waals surface area contributed by atoms with Gasteiger partial charge in [-0.25, -0.2) is 0 Å². The number of H-pyrrole nitrogens is 2. The number of nitrogens with one attached hydrogen (secondary N) is 4. The SMILES string of the molecule is Cn1cc(-c2[nH]ncc2C(=O)NC(CNC(=O)c2cn[nH]c2)c2ccc3ccccc3c2)cn1. The van der Waals surface area contributed by atoms with Crippen molar-refractivity contribution < 1.29 is 9.59 Å². The Morgan fingerprint density at radius 3 is 2.65 bits per heavy atom. The van der Waals surface area contributed by atoms with Crippen LogP contribution in [0.15, 0.2) is 73.4 Å². The minimum atomic E-state index is -0.482. The lowest BCUT2D eigenvalue weighted by Crippen LogP contribution is -2.38. The first-order valence-corrected chi connectivity index (χ1v) is 10.7. The Labute approximate surface area is 194 Å². The number of hydrogen-bond donors (Lipinski definition) is 4. The molecule has 34 heavy (non-hydrogen) atoms. The summed E-state index contributed by atoms with van der Waals surface area (Å²) in [6, 6.07) is 13.5. The minimum Gasteiger partial charge on any atom is -0.350 e. The van der Waals surface area contributed by atoms with Crippen molar-refractivity contribution in [1.82, 2.24) is 40.8 Å². The zero-order valence-corrected chi connectivity index (χ0v) is 18.3. The van der Waals surface area contributed by atoms with Gasteiger partial charge in [-0.05, 0) is 22.4 Å². The molecule has 10 heteroatoms. The van der Waals surface area contributed by atoms with Gasteiger partial charge < -0.3 is 10.6 Å². The molecule has 0 spiro atoms. The van der Waals surface area contributed by atoms with Gasteiger partial charge in [-0.3, -0.25) is 24.5 Å². The van der Waals surface area contributed by atoms with Crippen LogP contribution in [0.1, 0.15) is 32.3 Å². The summed E-state index contributed by atoms with van der Waals surface area (Å²) in [5, 5.41) is 25.6. The smallest absolute Gasteiger partial charge is 0.255 e. The third kappa shape index (κ3) is 4.29. The van der Waals surface area contributed by atoms with Crippen molar-refractivity contribution in [2.75, 3.05) is 6.54 Å². The van der Waals surface area contributed by atoms with E-state index in [2.05, 4.69) is 36.1 Å². The molecule has 0 radical (unpaired) electrons. The quantitative estimate of drug-likeness (QED) is 0.300. The molecule has 0 saturated carbocycles. The molecule has 5 rings (SSSR count). The number of benzene rings is 2. The third-order valence-electron chi connectivity index (χ3n) is 5.59. The highest BCUT2D eigenvalue weighted by Gasteiger charge is 2.22. The number of aromatic nitrogens is 6. The van der Waals surface area contributed by atoms with Crippen LogP contribution in [0.2, 0.25) is 0 Å². The molecule has 0 aliphatic rings. The summed E-state index contributed by atoms with van der Waals surface area (Å²) in [7, 11) is 1.80. The second-order valence-corrected chi connectivity index (χ2v) is 7.89. The molecule has 5 aromatic rings. The first kappa shape index (κ1) is 21.1. The Hall–Kier alpha value is -4.73. The zero-order valence-electron chi connectivity index (χ0n) is 18.3. The van der Waals surface area contributed by atoms with Gasteiger partial charge in [-0.2, -0.15) is 15.3 Å². The lowest BCUT2D eigenvalue weighted by atomic mass is 10.0. The fraction of sp³-hybridized carbons (Fsp3) is 0.125. The number of hydrogen-bond acceptors (Lipinski definition) is 5. The molecular formula is C24H22N8O2. The van der Waals surface area contributed by atoms with Crippen molar-refractivity contribution in [3.8, 4) is 11.3 Å². The second-order valence-electron chi connectivity index (χ2n) is 7.89. The van der Waals surface area contributed by atoms with Crippen molar-refractivity contribution in [1.29, 1.82) is 0 Å². The summed E-state index contributed by atoms with van der Waals surface area (Å²) in [6.07, 6.45) is 7.92. The van der Waals surface area contributed by atoms with Gasteiger partial charge in [0.25, 0.3) is 11.8 Å². The largest absolute Gasteiger partial charge is 0.350 e. The first-order chi connectivity index (χ1) is 16.6. The fourth-order valence-electron chi connectivity index (χ4n) is 3.81. The Bertz CT molecular complexity index is 1450. The average molecular weight is 454 g/mol. The maximum atomic E-state index is 13.3. The highest BCUT2D eigenvalue weighted by Crippen LogP contribution is 2.23. The van der Waals surface area contributed by atoms with Gasteiger partial charge in [-0.15, -0.1) is 0 Å². The zero-order chi connectivity index (χ0) is 23.5. The molecule has 0 aliphatic carbocycles. The summed E-state index contributed by atoms with van der Waals surface area (Å²) >= 11 is 0.